The number of rotatable bonds is 3. The number of piperidine rings is 1. The second-order valence-electron chi connectivity index (χ2n) is 3.75. The van der Waals surface area contributed by atoms with Crippen LogP contribution in [0.3, 0.4) is 0 Å². The Labute approximate surface area is 107 Å². The van der Waals surface area contributed by atoms with Gasteiger partial charge in [0.2, 0.25) is 5.91 Å². The summed E-state index contributed by atoms with van der Waals surface area (Å²) in [5.74, 6) is -0.0121. The van der Waals surface area contributed by atoms with Crippen LogP contribution in [0.2, 0.25) is 0 Å². The van der Waals surface area contributed by atoms with E-state index >= 15 is 0 Å². The zero-order valence-electron chi connectivity index (χ0n) is 8.81. The minimum absolute atomic E-state index is 0.0121. The van der Waals surface area contributed by atoms with Gasteiger partial charge in [-0.1, -0.05) is 18.2 Å². The summed E-state index contributed by atoms with van der Waals surface area (Å²) in [4.78, 5) is 22.5. The fourth-order valence-electron chi connectivity index (χ4n) is 1.52. The molecule has 7 heteroatoms. The Hall–Kier alpha value is 0.150. The van der Waals surface area contributed by atoms with Crippen molar-refractivity contribution < 1.29 is 9.59 Å². The molecule has 1 N–H and O–H groups in total. The van der Waals surface area contributed by atoms with Gasteiger partial charge in [0.15, 0.2) is 0 Å². The van der Waals surface area contributed by atoms with Crippen LogP contribution in [0, 0.1) is 0 Å². The molecular weight excluding hydrogens is 264 g/mol. The highest BCUT2D eigenvalue weighted by atomic mass is 33.1. The monoisotopic (exact) mass is 278 g/mol. The van der Waals surface area contributed by atoms with Gasteiger partial charge in [-0.3, -0.25) is 9.59 Å². The Balaban J connectivity index is 1.61. The van der Waals surface area contributed by atoms with Crippen molar-refractivity contribution in [3.63, 3.8) is 0 Å². The first-order chi connectivity index (χ1) is 7.75. The molecule has 0 saturated carbocycles. The summed E-state index contributed by atoms with van der Waals surface area (Å²) in [5, 5.41) is 2.48. The zero-order chi connectivity index (χ0) is 11.4. The maximum Gasteiger partial charge on any atom is 0.258 e. The van der Waals surface area contributed by atoms with Crippen LogP contribution < -0.4 is 5.32 Å². The lowest BCUT2D eigenvalue weighted by atomic mass is 10.2. The first kappa shape index (κ1) is 12.6. The molecule has 0 bridgehead atoms. The lowest BCUT2D eigenvalue weighted by Gasteiger charge is -2.25. The SMILES string of the molecule is O=C(SSN1CCCCC1)SC1CNC1=O. The Morgan fingerprint density at radius 2 is 2.06 bits per heavy atom. The number of hydrogen-bond acceptors (Lipinski definition) is 6. The van der Waals surface area contributed by atoms with Gasteiger partial charge in [-0.15, -0.1) is 0 Å². The topological polar surface area (TPSA) is 49.4 Å². The molecule has 2 saturated heterocycles. The van der Waals surface area contributed by atoms with Crippen LogP contribution in [0.1, 0.15) is 19.3 Å². The van der Waals surface area contributed by atoms with Crippen molar-refractivity contribution in [3.8, 4) is 0 Å². The molecule has 0 aromatic rings. The summed E-state index contributed by atoms with van der Waals surface area (Å²) >= 11 is 1.15. The fraction of sp³-hybridized carbons (Fsp3) is 0.778. The molecule has 2 aliphatic heterocycles. The second-order valence-corrected chi connectivity index (χ2v) is 7.33. The van der Waals surface area contributed by atoms with Crippen molar-refractivity contribution in [1.82, 2.24) is 9.62 Å². The average Bonchev–Trinajstić information content (AvgIpc) is 2.33. The van der Waals surface area contributed by atoms with Crippen LogP contribution in [0.5, 0.6) is 0 Å². The average molecular weight is 278 g/mol. The van der Waals surface area contributed by atoms with E-state index in [1.165, 1.54) is 41.0 Å². The van der Waals surface area contributed by atoms with E-state index in [1.807, 2.05) is 0 Å². The van der Waals surface area contributed by atoms with E-state index in [0.29, 0.717) is 6.54 Å². The first-order valence-electron chi connectivity index (χ1n) is 5.33. The van der Waals surface area contributed by atoms with Gasteiger partial charge in [0.25, 0.3) is 4.45 Å². The normalized spacial score (nSPS) is 26.0. The van der Waals surface area contributed by atoms with E-state index < -0.39 is 0 Å². The van der Waals surface area contributed by atoms with Crippen LogP contribution >= 0.6 is 33.5 Å². The van der Waals surface area contributed by atoms with E-state index in [-0.39, 0.29) is 15.6 Å². The van der Waals surface area contributed by atoms with Crippen LogP contribution in [-0.4, -0.2) is 39.5 Å². The van der Waals surface area contributed by atoms with Gasteiger partial charge < -0.3 is 5.32 Å². The van der Waals surface area contributed by atoms with Gasteiger partial charge in [0.1, 0.15) is 5.25 Å². The summed E-state index contributed by atoms with van der Waals surface area (Å²) < 4.78 is 2.27. The molecule has 2 rings (SSSR count). The largest absolute Gasteiger partial charge is 0.353 e. The Bertz CT molecular complexity index is 282. The summed E-state index contributed by atoms with van der Waals surface area (Å²) in [5.41, 5.74) is 0. The lowest BCUT2D eigenvalue weighted by molar-refractivity contribution is -0.124. The van der Waals surface area contributed by atoms with Crippen molar-refractivity contribution >= 4 is 43.9 Å². The van der Waals surface area contributed by atoms with Crippen LogP contribution in [-0.2, 0) is 4.79 Å². The molecule has 2 aliphatic rings. The molecule has 0 spiro atoms. The number of carbonyl (C=O) groups is 2. The van der Waals surface area contributed by atoms with Gasteiger partial charge in [0.05, 0.1) is 0 Å². The maximum absolute atomic E-state index is 11.5. The van der Waals surface area contributed by atoms with Crippen molar-refractivity contribution in [1.29, 1.82) is 0 Å². The number of nitrogens with zero attached hydrogens (tertiary/aromatic N) is 1. The third-order valence-corrected chi connectivity index (χ3v) is 6.33. The third-order valence-electron chi connectivity index (χ3n) is 2.52. The summed E-state index contributed by atoms with van der Waals surface area (Å²) in [6, 6.07) is 0. The third kappa shape index (κ3) is 3.58. The van der Waals surface area contributed by atoms with Crippen molar-refractivity contribution in [2.24, 2.45) is 0 Å². The number of thioether (sulfide) groups is 1. The molecule has 2 heterocycles. The molecule has 4 nitrogen and oxygen atoms in total. The van der Waals surface area contributed by atoms with Gasteiger partial charge in [0, 0.05) is 41.4 Å². The Morgan fingerprint density at radius 1 is 1.31 bits per heavy atom. The van der Waals surface area contributed by atoms with Gasteiger partial charge in [-0.2, -0.15) is 0 Å². The number of carbonyl (C=O) groups excluding carboxylic acids is 2. The molecule has 0 aromatic heterocycles. The summed E-state index contributed by atoms with van der Waals surface area (Å²) in [6.45, 7) is 2.77. The number of amides is 1. The molecule has 1 unspecified atom stereocenters. The van der Waals surface area contributed by atoms with E-state index in [0.717, 1.165) is 24.9 Å². The van der Waals surface area contributed by atoms with Crippen molar-refractivity contribution in [3.05, 3.63) is 0 Å². The predicted molar refractivity (Wildman–Crippen MR) is 70.4 cm³/mol. The number of hydrogen-bond donors (Lipinski definition) is 1. The Morgan fingerprint density at radius 3 is 2.62 bits per heavy atom. The highest BCUT2D eigenvalue weighted by Crippen LogP contribution is 2.35. The van der Waals surface area contributed by atoms with Gasteiger partial charge in [-0.05, 0) is 12.8 Å². The summed E-state index contributed by atoms with van der Waals surface area (Å²) in [7, 11) is 2.78. The molecule has 1 atom stereocenters. The molecule has 1 amide bonds. The minimum atomic E-state index is -0.151. The molecule has 16 heavy (non-hydrogen) atoms. The van der Waals surface area contributed by atoms with Crippen LogP contribution in [0.25, 0.3) is 0 Å². The maximum atomic E-state index is 11.5. The van der Waals surface area contributed by atoms with Gasteiger partial charge in [-0.25, -0.2) is 4.31 Å². The fourth-order valence-corrected chi connectivity index (χ4v) is 4.76. The highest BCUT2D eigenvalue weighted by Gasteiger charge is 2.31. The van der Waals surface area contributed by atoms with E-state index in [1.54, 1.807) is 0 Å². The van der Waals surface area contributed by atoms with Gasteiger partial charge >= 0.3 is 0 Å². The number of nitrogens with one attached hydrogen (secondary N) is 1. The summed E-state index contributed by atoms with van der Waals surface area (Å²) in [6.07, 6.45) is 3.74. The van der Waals surface area contributed by atoms with Crippen LogP contribution in [0.15, 0.2) is 0 Å². The van der Waals surface area contributed by atoms with Crippen molar-refractivity contribution in [2.45, 2.75) is 24.5 Å². The smallest absolute Gasteiger partial charge is 0.258 e. The quantitative estimate of drug-likeness (QED) is 0.485. The first-order valence-corrected chi connectivity index (χ1v) is 8.32. The molecular formula is C9H14N2O2S3. The molecule has 0 aliphatic carbocycles. The van der Waals surface area contributed by atoms with E-state index in [4.69, 9.17) is 0 Å². The van der Waals surface area contributed by atoms with Crippen molar-refractivity contribution in [2.75, 3.05) is 19.6 Å². The molecule has 0 aromatic carbocycles. The Kier molecular flexibility index (Phi) is 4.87. The van der Waals surface area contributed by atoms with Crippen LogP contribution in [0.4, 0.5) is 4.79 Å². The molecule has 2 fully saturated rings. The van der Waals surface area contributed by atoms with E-state index in [9.17, 15) is 9.59 Å². The highest BCUT2D eigenvalue weighted by molar-refractivity contribution is 8.85. The van der Waals surface area contributed by atoms with E-state index in [2.05, 4.69) is 9.62 Å². The zero-order valence-corrected chi connectivity index (χ0v) is 11.3. The minimum Gasteiger partial charge on any atom is -0.353 e. The second kappa shape index (κ2) is 6.18. The lowest BCUT2D eigenvalue weighted by Crippen LogP contribution is -2.51. The predicted octanol–water partition coefficient (Wildman–Crippen LogP) is 2.12. The molecule has 0 radical (unpaired) electrons. The molecule has 90 valence electrons. The standard InChI is InChI=1S/C9H14N2O2S3/c12-8-7(6-10-8)14-9(13)15-16-11-4-2-1-3-5-11/h7H,1-6H2,(H,10,12). The number of β-lactam (4-membered cyclic amide) rings is 1.